The summed E-state index contributed by atoms with van der Waals surface area (Å²) in [5.41, 5.74) is 10.1. The van der Waals surface area contributed by atoms with Gasteiger partial charge in [0, 0.05) is 12.0 Å². The lowest BCUT2D eigenvalue weighted by atomic mass is 9.85. The Morgan fingerprint density at radius 1 is 0.511 bits per heavy atom. The van der Waals surface area contributed by atoms with E-state index >= 15 is 0 Å². The fraction of sp³-hybridized carbons (Fsp3) is 0.0455. The van der Waals surface area contributed by atoms with E-state index in [1.54, 1.807) is 0 Å². The van der Waals surface area contributed by atoms with Crippen LogP contribution in [0.4, 0.5) is 0 Å². The molecule has 0 spiro atoms. The number of hydrogen-bond acceptors (Lipinski definition) is 2. The van der Waals surface area contributed by atoms with Gasteiger partial charge in [0.25, 0.3) is 0 Å². The van der Waals surface area contributed by atoms with Crippen molar-refractivity contribution < 1.29 is 0 Å². The Kier molecular flexibility index (Phi) is 6.43. The predicted molar refractivity (Wildman–Crippen MR) is 197 cm³/mol. The van der Waals surface area contributed by atoms with Gasteiger partial charge in [-0.1, -0.05) is 122 Å². The molecular formula is C44H31N3. The van der Waals surface area contributed by atoms with Gasteiger partial charge in [0.1, 0.15) is 5.82 Å². The summed E-state index contributed by atoms with van der Waals surface area (Å²) in [7, 11) is 0. The molecule has 3 nitrogen and oxygen atoms in total. The standard InChI is InChI=1S/C44H31N3/c1-2-42-46-39-18-10-11-19-41(39)47(42)34-23-25-40(45-28-34)44-36-17-9-8-16-35(36)43(33-21-20-30-14-6-7-15-31(30)26-33)37-24-22-32(27-38(37)44)29-12-4-3-5-13-29/h3-28H,2H2,1H3. The summed E-state index contributed by atoms with van der Waals surface area (Å²) in [6.45, 7) is 2.15. The highest BCUT2D eigenvalue weighted by molar-refractivity contribution is 6.22. The van der Waals surface area contributed by atoms with E-state index in [9.17, 15) is 0 Å². The molecule has 0 atom stereocenters. The van der Waals surface area contributed by atoms with Crippen molar-refractivity contribution in [2.75, 3.05) is 0 Å². The van der Waals surface area contributed by atoms with Crippen molar-refractivity contribution in [3.05, 3.63) is 164 Å². The first kappa shape index (κ1) is 27.3. The number of aryl methyl sites for hydroxylation is 1. The largest absolute Gasteiger partial charge is 0.295 e. The van der Waals surface area contributed by atoms with Crippen LogP contribution in [0.1, 0.15) is 12.7 Å². The third kappa shape index (κ3) is 4.51. The minimum absolute atomic E-state index is 0.838. The van der Waals surface area contributed by atoms with Crippen LogP contribution in [0, 0.1) is 0 Å². The Morgan fingerprint density at radius 2 is 1.21 bits per heavy atom. The number of nitrogens with zero attached hydrogens (tertiary/aromatic N) is 3. The second-order valence-corrected chi connectivity index (χ2v) is 12.1. The van der Waals surface area contributed by atoms with Gasteiger partial charge in [-0.05, 0) is 91.0 Å². The average molecular weight is 602 g/mol. The molecule has 222 valence electrons. The topological polar surface area (TPSA) is 30.7 Å². The molecule has 0 N–H and O–H groups in total. The highest BCUT2D eigenvalue weighted by Gasteiger charge is 2.19. The van der Waals surface area contributed by atoms with Gasteiger partial charge in [0.15, 0.2) is 0 Å². The molecule has 2 heterocycles. The Labute approximate surface area is 273 Å². The van der Waals surface area contributed by atoms with Gasteiger partial charge in [-0.25, -0.2) is 4.98 Å². The van der Waals surface area contributed by atoms with Gasteiger partial charge in [-0.2, -0.15) is 0 Å². The van der Waals surface area contributed by atoms with Crippen molar-refractivity contribution >= 4 is 43.4 Å². The van der Waals surface area contributed by atoms with Gasteiger partial charge < -0.3 is 0 Å². The number of rotatable bonds is 5. The van der Waals surface area contributed by atoms with Gasteiger partial charge in [0.2, 0.25) is 0 Å². The number of imidazole rings is 1. The molecule has 0 bridgehead atoms. The maximum absolute atomic E-state index is 5.18. The molecule has 0 saturated heterocycles. The molecule has 0 aliphatic heterocycles. The van der Waals surface area contributed by atoms with Crippen LogP contribution >= 0.6 is 0 Å². The second kappa shape index (κ2) is 11.1. The number of hydrogen-bond donors (Lipinski definition) is 0. The van der Waals surface area contributed by atoms with Crippen molar-refractivity contribution in [2.45, 2.75) is 13.3 Å². The molecular weight excluding hydrogens is 571 g/mol. The summed E-state index contributed by atoms with van der Waals surface area (Å²) < 4.78 is 2.23. The highest BCUT2D eigenvalue weighted by atomic mass is 15.1. The van der Waals surface area contributed by atoms with Crippen LogP contribution in [0.15, 0.2) is 158 Å². The van der Waals surface area contributed by atoms with Crippen molar-refractivity contribution in [1.29, 1.82) is 0 Å². The van der Waals surface area contributed by atoms with E-state index in [0.717, 1.165) is 40.2 Å². The summed E-state index contributed by atoms with van der Waals surface area (Å²) in [4.78, 5) is 10.1. The van der Waals surface area contributed by atoms with Crippen LogP contribution in [-0.2, 0) is 6.42 Å². The maximum atomic E-state index is 5.18. The number of benzene rings is 7. The third-order valence-electron chi connectivity index (χ3n) is 9.38. The summed E-state index contributed by atoms with van der Waals surface area (Å²) in [5, 5.41) is 7.30. The van der Waals surface area contributed by atoms with Gasteiger partial charge >= 0.3 is 0 Å². The van der Waals surface area contributed by atoms with Crippen molar-refractivity contribution in [3.8, 4) is 39.2 Å². The molecule has 0 amide bonds. The van der Waals surface area contributed by atoms with Crippen LogP contribution in [0.5, 0.6) is 0 Å². The summed E-state index contributed by atoms with van der Waals surface area (Å²) in [5.74, 6) is 1.03. The number of para-hydroxylation sites is 2. The van der Waals surface area contributed by atoms with Crippen LogP contribution < -0.4 is 0 Å². The molecule has 9 rings (SSSR count). The molecule has 0 saturated carbocycles. The lowest BCUT2D eigenvalue weighted by Crippen LogP contribution is -2.01. The molecule has 0 radical (unpaired) electrons. The van der Waals surface area contributed by atoms with E-state index in [2.05, 4.69) is 157 Å². The fourth-order valence-electron chi connectivity index (χ4n) is 7.19. The Morgan fingerprint density at radius 3 is 2.02 bits per heavy atom. The van der Waals surface area contributed by atoms with E-state index in [-0.39, 0.29) is 0 Å². The number of pyridine rings is 1. The summed E-state index contributed by atoms with van der Waals surface area (Å²) >= 11 is 0. The van der Waals surface area contributed by atoms with Gasteiger partial charge in [-0.3, -0.25) is 9.55 Å². The Hall–Kier alpha value is -6.06. The van der Waals surface area contributed by atoms with E-state index < -0.39 is 0 Å². The van der Waals surface area contributed by atoms with Crippen LogP contribution in [0.2, 0.25) is 0 Å². The molecule has 0 aliphatic rings. The zero-order valence-electron chi connectivity index (χ0n) is 26.1. The molecule has 0 unspecified atom stereocenters. The third-order valence-corrected chi connectivity index (χ3v) is 9.38. The van der Waals surface area contributed by atoms with Crippen molar-refractivity contribution in [2.24, 2.45) is 0 Å². The molecule has 9 aromatic rings. The SMILES string of the molecule is CCc1nc2ccccc2n1-c1ccc(-c2c3ccccc3c(-c3ccc4ccccc4c3)c3ccc(-c4ccccc4)cc23)nc1. The van der Waals surface area contributed by atoms with E-state index in [4.69, 9.17) is 9.97 Å². The zero-order valence-corrected chi connectivity index (χ0v) is 26.1. The predicted octanol–water partition coefficient (Wildman–Crippen LogP) is 11.4. The van der Waals surface area contributed by atoms with Gasteiger partial charge in [0.05, 0.1) is 28.6 Å². The maximum Gasteiger partial charge on any atom is 0.114 e. The first-order chi connectivity index (χ1) is 23.3. The summed E-state index contributed by atoms with van der Waals surface area (Å²) in [6.07, 6.45) is 2.84. The first-order valence-corrected chi connectivity index (χ1v) is 16.2. The lowest BCUT2D eigenvalue weighted by Gasteiger charge is -2.19. The summed E-state index contributed by atoms with van der Waals surface area (Å²) in [6, 6.07) is 54.5. The minimum Gasteiger partial charge on any atom is -0.295 e. The fourth-order valence-corrected chi connectivity index (χ4v) is 7.19. The lowest BCUT2D eigenvalue weighted by molar-refractivity contribution is 0.904. The molecule has 7 aromatic carbocycles. The van der Waals surface area contributed by atoms with Crippen molar-refractivity contribution in [1.82, 2.24) is 14.5 Å². The minimum atomic E-state index is 0.838. The zero-order chi connectivity index (χ0) is 31.3. The number of fused-ring (bicyclic) bond motifs is 4. The van der Waals surface area contributed by atoms with Crippen molar-refractivity contribution in [3.63, 3.8) is 0 Å². The smallest absolute Gasteiger partial charge is 0.114 e. The van der Waals surface area contributed by atoms with Crippen LogP contribution in [-0.4, -0.2) is 14.5 Å². The van der Waals surface area contributed by atoms with Gasteiger partial charge in [-0.15, -0.1) is 0 Å². The second-order valence-electron chi connectivity index (χ2n) is 12.1. The molecule has 47 heavy (non-hydrogen) atoms. The molecule has 0 fully saturated rings. The molecule has 0 aliphatic carbocycles. The molecule has 3 heteroatoms. The average Bonchev–Trinajstić information content (AvgIpc) is 3.53. The van der Waals surface area contributed by atoms with Crippen LogP contribution in [0.25, 0.3) is 82.5 Å². The number of aromatic nitrogens is 3. The normalized spacial score (nSPS) is 11.6. The first-order valence-electron chi connectivity index (χ1n) is 16.2. The van der Waals surface area contributed by atoms with E-state index in [1.807, 2.05) is 12.3 Å². The highest BCUT2D eigenvalue weighted by Crippen LogP contribution is 2.45. The quantitative estimate of drug-likeness (QED) is 0.184. The molecule has 2 aromatic heterocycles. The monoisotopic (exact) mass is 601 g/mol. The van der Waals surface area contributed by atoms with E-state index in [0.29, 0.717) is 0 Å². The van der Waals surface area contributed by atoms with Crippen LogP contribution in [0.3, 0.4) is 0 Å². The van der Waals surface area contributed by atoms with E-state index in [1.165, 1.54) is 54.6 Å². The Bertz CT molecular complexity index is 2600. The Balaban J connectivity index is 1.32.